The van der Waals surface area contributed by atoms with Crippen LogP contribution >= 0.6 is 0 Å². The Labute approximate surface area is 123 Å². The number of benzene rings is 1. The Morgan fingerprint density at radius 3 is 2.43 bits per heavy atom. The molecule has 0 aromatic heterocycles. The number of carbonyl (C=O) groups excluding carboxylic acids is 1. The number of nitrogens with two attached hydrogens (primary N) is 1. The van der Waals surface area contributed by atoms with Crippen LogP contribution in [0.25, 0.3) is 0 Å². The van der Waals surface area contributed by atoms with Crippen LogP contribution in [-0.4, -0.2) is 36.5 Å². The second-order valence-corrected chi connectivity index (χ2v) is 5.59. The lowest BCUT2D eigenvalue weighted by Gasteiger charge is -2.29. The van der Waals surface area contributed by atoms with E-state index in [0.29, 0.717) is 0 Å². The number of likely N-dealkylation sites (tertiary alicyclic amines) is 1. The molecule has 0 aliphatic carbocycles. The molecule has 1 aromatic rings. The van der Waals surface area contributed by atoms with Gasteiger partial charge < -0.3 is 16.0 Å². The van der Waals surface area contributed by atoms with Crippen LogP contribution in [0.3, 0.4) is 0 Å². The van der Waals surface area contributed by atoms with Gasteiger partial charge in [0.15, 0.2) is 0 Å². The molecule has 116 valence electrons. The average molecular weight is 297 g/mol. The van der Waals surface area contributed by atoms with Gasteiger partial charge in [-0.05, 0) is 45.0 Å². The molecule has 1 aliphatic heterocycles. The molecule has 6 heteroatoms. The SMILES string of the molecule is CC(CN1CCCCC1)NC(=O)c1cc(F)c(N)c(F)c1. The number of amides is 1. The minimum atomic E-state index is -0.913. The molecule has 0 radical (unpaired) electrons. The van der Waals surface area contributed by atoms with Crippen LogP contribution in [0.2, 0.25) is 0 Å². The van der Waals surface area contributed by atoms with Crippen molar-refractivity contribution >= 4 is 11.6 Å². The Kier molecular flexibility index (Phi) is 5.12. The molecule has 1 saturated heterocycles. The van der Waals surface area contributed by atoms with E-state index in [9.17, 15) is 13.6 Å². The molecule has 2 rings (SSSR count). The van der Waals surface area contributed by atoms with Gasteiger partial charge in [-0.15, -0.1) is 0 Å². The van der Waals surface area contributed by atoms with Crippen molar-refractivity contribution in [3.63, 3.8) is 0 Å². The van der Waals surface area contributed by atoms with Crippen molar-refractivity contribution in [2.45, 2.75) is 32.2 Å². The summed E-state index contributed by atoms with van der Waals surface area (Å²) in [5.74, 6) is -2.31. The third-order valence-corrected chi connectivity index (χ3v) is 3.70. The molecule has 21 heavy (non-hydrogen) atoms. The minimum Gasteiger partial charge on any atom is -0.394 e. The summed E-state index contributed by atoms with van der Waals surface area (Å²) in [6.07, 6.45) is 3.60. The van der Waals surface area contributed by atoms with Gasteiger partial charge in [0.1, 0.15) is 17.3 Å². The number of piperidine rings is 1. The first-order valence-electron chi connectivity index (χ1n) is 7.25. The Hall–Kier alpha value is -1.69. The highest BCUT2D eigenvalue weighted by atomic mass is 19.1. The Morgan fingerprint density at radius 2 is 1.86 bits per heavy atom. The first-order chi connectivity index (χ1) is 9.97. The monoisotopic (exact) mass is 297 g/mol. The number of halogens is 2. The summed E-state index contributed by atoms with van der Waals surface area (Å²) >= 11 is 0. The van der Waals surface area contributed by atoms with Crippen LogP contribution in [-0.2, 0) is 0 Å². The number of nitrogens with zero attached hydrogens (tertiary/aromatic N) is 1. The third-order valence-electron chi connectivity index (χ3n) is 3.70. The molecule has 1 aromatic carbocycles. The second kappa shape index (κ2) is 6.85. The molecule has 0 saturated carbocycles. The number of rotatable bonds is 4. The van der Waals surface area contributed by atoms with Gasteiger partial charge in [0, 0.05) is 18.2 Å². The average Bonchev–Trinajstić information content (AvgIpc) is 2.45. The van der Waals surface area contributed by atoms with Gasteiger partial charge in [-0.2, -0.15) is 0 Å². The molecular weight excluding hydrogens is 276 g/mol. The van der Waals surface area contributed by atoms with Gasteiger partial charge in [0.2, 0.25) is 0 Å². The summed E-state index contributed by atoms with van der Waals surface area (Å²) in [6.45, 7) is 4.69. The van der Waals surface area contributed by atoms with E-state index >= 15 is 0 Å². The van der Waals surface area contributed by atoms with E-state index in [1.807, 2.05) is 6.92 Å². The van der Waals surface area contributed by atoms with E-state index < -0.39 is 23.2 Å². The lowest BCUT2D eigenvalue weighted by molar-refractivity contribution is 0.0925. The predicted molar refractivity (Wildman–Crippen MR) is 78.0 cm³/mol. The van der Waals surface area contributed by atoms with Crippen molar-refractivity contribution in [1.82, 2.24) is 10.2 Å². The van der Waals surface area contributed by atoms with Crippen molar-refractivity contribution < 1.29 is 13.6 Å². The lowest BCUT2D eigenvalue weighted by Crippen LogP contribution is -2.43. The Morgan fingerprint density at radius 1 is 1.29 bits per heavy atom. The van der Waals surface area contributed by atoms with Gasteiger partial charge in [0.05, 0.1) is 0 Å². The molecule has 0 bridgehead atoms. The molecule has 1 atom stereocenters. The van der Waals surface area contributed by atoms with Gasteiger partial charge in [-0.1, -0.05) is 6.42 Å². The normalized spacial score (nSPS) is 17.5. The van der Waals surface area contributed by atoms with Crippen LogP contribution in [0, 0.1) is 11.6 Å². The summed E-state index contributed by atoms with van der Waals surface area (Å²) in [4.78, 5) is 14.3. The zero-order chi connectivity index (χ0) is 15.4. The second-order valence-electron chi connectivity index (χ2n) is 5.59. The minimum absolute atomic E-state index is 0.0512. The van der Waals surface area contributed by atoms with Crippen LogP contribution < -0.4 is 11.1 Å². The molecule has 0 spiro atoms. The largest absolute Gasteiger partial charge is 0.394 e. The fourth-order valence-corrected chi connectivity index (χ4v) is 2.60. The van der Waals surface area contributed by atoms with E-state index in [0.717, 1.165) is 31.8 Å². The van der Waals surface area contributed by atoms with Crippen molar-refractivity contribution in [2.24, 2.45) is 0 Å². The van der Waals surface area contributed by atoms with Gasteiger partial charge in [-0.25, -0.2) is 8.78 Å². The molecule has 1 aliphatic rings. The van der Waals surface area contributed by atoms with Crippen LogP contribution in [0.4, 0.5) is 14.5 Å². The van der Waals surface area contributed by atoms with Crippen molar-refractivity contribution in [1.29, 1.82) is 0 Å². The summed E-state index contributed by atoms with van der Waals surface area (Å²) in [6, 6.07) is 1.84. The summed E-state index contributed by atoms with van der Waals surface area (Å²) in [5, 5.41) is 2.76. The lowest BCUT2D eigenvalue weighted by atomic mass is 10.1. The fourth-order valence-electron chi connectivity index (χ4n) is 2.60. The Balaban J connectivity index is 1.94. The van der Waals surface area contributed by atoms with Crippen LogP contribution in [0.5, 0.6) is 0 Å². The maximum Gasteiger partial charge on any atom is 0.251 e. The summed E-state index contributed by atoms with van der Waals surface area (Å²) in [7, 11) is 0. The molecule has 1 fully saturated rings. The highest BCUT2D eigenvalue weighted by molar-refractivity contribution is 5.94. The molecule has 1 heterocycles. The summed E-state index contributed by atoms with van der Waals surface area (Å²) < 4.78 is 26.7. The topological polar surface area (TPSA) is 58.4 Å². The van der Waals surface area contributed by atoms with Gasteiger partial charge in [-0.3, -0.25) is 4.79 Å². The van der Waals surface area contributed by atoms with E-state index in [4.69, 9.17) is 5.73 Å². The number of hydrogen-bond donors (Lipinski definition) is 2. The molecule has 1 amide bonds. The molecular formula is C15H21F2N3O. The first kappa shape index (κ1) is 15.7. The number of nitrogen functional groups attached to an aromatic ring is 1. The number of carbonyl (C=O) groups is 1. The number of hydrogen-bond acceptors (Lipinski definition) is 3. The van der Waals surface area contributed by atoms with Gasteiger partial charge in [0.25, 0.3) is 5.91 Å². The smallest absolute Gasteiger partial charge is 0.251 e. The zero-order valence-corrected chi connectivity index (χ0v) is 12.2. The maximum atomic E-state index is 13.4. The predicted octanol–water partition coefficient (Wildman–Crippen LogP) is 2.15. The molecule has 3 N–H and O–H groups in total. The van der Waals surface area contributed by atoms with E-state index in [-0.39, 0.29) is 11.6 Å². The van der Waals surface area contributed by atoms with Crippen LogP contribution in [0.1, 0.15) is 36.5 Å². The standard InChI is InChI=1S/C15H21F2N3O/c1-10(9-20-5-3-2-4-6-20)19-15(21)11-7-12(16)14(18)13(17)8-11/h7-8,10H,2-6,9,18H2,1H3,(H,19,21). The van der Waals surface area contributed by atoms with Crippen LogP contribution in [0.15, 0.2) is 12.1 Å². The zero-order valence-electron chi connectivity index (χ0n) is 12.2. The first-order valence-corrected chi connectivity index (χ1v) is 7.25. The molecule has 4 nitrogen and oxygen atoms in total. The quantitative estimate of drug-likeness (QED) is 0.837. The van der Waals surface area contributed by atoms with E-state index in [1.165, 1.54) is 19.3 Å². The number of nitrogens with one attached hydrogen (secondary N) is 1. The van der Waals surface area contributed by atoms with E-state index in [2.05, 4.69) is 10.2 Å². The highest BCUT2D eigenvalue weighted by Gasteiger charge is 2.17. The van der Waals surface area contributed by atoms with E-state index in [1.54, 1.807) is 0 Å². The highest BCUT2D eigenvalue weighted by Crippen LogP contribution is 2.17. The summed E-state index contributed by atoms with van der Waals surface area (Å²) in [5.41, 5.74) is 4.57. The maximum absolute atomic E-state index is 13.4. The fraction of sp³-hybridized carbons (Fsp3) is 0.533. The third kappa shape index (κ3) is 4.14. The number of anilines is 1. The van der Waals surface area contributed by atoms with Crippen molar-refractivity contribution in [3.05, 3.63) is 29.3 Å². The van der Waals surface area contributed by atoms with Crippen molar-refractivity contribution in [2.75, 3.05) is 25.4 Å². The van der Waals surface area contributed by atoms with Gasteiger partial charge >= 0.3 is 0 Å². The molecule has 1 unspecified atom stereocenters. The Bertz CT molecular complexity index is 493. The van der Waals surface area contributed by atoms with Crippen molar-refractivity contribution in [3.8, 4) is 0 Å².